The third-order valence-corrected chi connectivity index (χ3v) is 12.2. The molecule has 4 amide bonds. The molecule has 3 aliphatic rings. The van der Waals surface area contributed by atoms with Gasteiger partial charge in [-0.3, -0.25) is 29.3 Å². The van der Waals surface area contributed by atoms with Gasteiger partial charge >= 0.3 is 0 Å². The number of ketones is 1. The average molecular weight is 846 g/mol. The van der Waals surface area contributed by atoms with Gasteiger partial charge in [0.2, 0.25) is 5.88 Å². The summed E-state index contributed by atoms with van der Waals surface area (Å²) in [5.74, 6) is 4.79. The number of pyridine rings is 1. The number of carbonyl (C=O) groups is 5. The maximum atomic E-state index is 14.4. The molecule has 3 atom stereocenters. The number of ether oxygens (including phenoxy) is 3. The summed E-state index contributed by atoms with van der Waals surface area (Å²) in [6.07, 6.45) is 8.87. The van der Waals surface area contributed by atoms with Gasteiger partial charge in [0.15, 0.2) is 6.17 Å². The zero-order chi connectivity index (χ0) is 43.9. The molecule has 2 fully saturated rings. The number of benzene rings is 3. The number of aryl methyl sites for hydroxylation is 1. The topological polar surface area (TPSA) is 179 Å². The molecular weight excluding hydrogens is 794 g/mol. The van der Waals surface area contributed by atoms with Crippen LogP contribution in [0.3, 0.4) is 0 Å². The molecule has 4 N–H and O–H groups in total. The normalized spacial score (nSPS) is 20.9. The molecule has 1 aliphatic carbocycles. The monoisotopic (exact) mass is 845 g/mol. The van der Waals surface area contributed by atoms with Crippen LogP contribution < -0.4 is 30.6 Å². The fraction of sp³-hybridized carbons (Fsp3) is 0.417. The number of carbonyl (C=O) groups excluding carboxylic acids is 5. The fourth-order valence-electron chi connectivity index (χ4n) is 8.74. The smallest absolute Gasteiger partial charge is 0.299 e. The summed E-state index contributed by atoms with van der Waals surface area (Å²) in [5, 5.41) is 5.97. The molecular formula is C48H52FN5O8. The summed E-state index contributed by atoms with van der Waals surface area (Å²) in [6, 6.07) is 15.1. The van der Waals surface area contributed by atoms with Crippen molar-refractivity contribution in [2.24, 2.45) is 23.5 Å². The van der Waals surface area contributed by atoms with Crippen LogP contribution in [0.25, 0.3) is 10.8 Å². The number of unbranched alkanes of at least 4 members (excludes halogenated alkanes) is 2. The van der Waals surface area contributed by atoms with Crippen LogP contribution in [-0.2, 0) is 16.0 Å². The van der Waals surface area contributed by atoms with E-state index in [0.29, 0.717) is 34.4 Å². The van der Waals surface area contributed by atoms with E-state index in [1.54, 1.807) is 30.5 Å². The fourth-order valence-corrected chi connectivity index (χ4v) is 8.74. The minimum atomic E-state index is -1.58. The number of nitrogens with two attached hydrogens (primary N) is 1. The van der Waals surface area contributed by atoms with Crippen molar-refractivity contribution >= 4 is 40.2 Å². The van der Waals surface area contributed by atoms with Gasteiger partial charge in [-0.15, -0.1) is 0 Å². The van der Waals surface area contributed by atoms with E-state index in [1.165, 1.54) is 18.7 Å². The molecule has 3 heterocycles. The zero-order valence-electron chi connectivity index (χ0n) is 35.3. The van der Waals surface area contributed by atoms with Crippen LogP contribution in [0.4, 0.5) is 4.39 Å². The van der Waals surface area contributed by atoms with Crippen molar-refractivity contribution in [2.75, 3.05) is 33.9 Å². The van der Waals surface area contributed by atoms with E-state index in [-0.39, 0.29) is 46.6 Å². The summed E-state index contributed by atoms with van der Waals surface area (Å²) in [4.78, 5) is 67.7. The Hall–Kier alpha value is -6.33. The molecule has 13 nitrogen and oxygen atoms in total. The Bertz CT molecular complexity index is 2420. The lowest BCUT2D eigenvalue weighted by Gasteiger charge is -2.29. The number of fused-ring (bicyclic) bond motifs is 2. The molecule has 0 bridgehead atoms. The first-order chi connectivity index (χ1) is 29.9. The third kappa shape index (κ3) is 9.89. The number of alkyl halides is 1. The number of methoxy groups -OCH3 is 1. The Morgan fingerprint density at radius 1 is 0.968 bits per heavy atom. The number of amides is 4. The highest BCUT2D eigenvalue weighted by atomic mass is 19.1. The minimum absolute atomic E-state index is 0.0327. The maximum absolute atomic E-state index is 14.4. The Morgan fingerprint density at radius 2 is 1.74 bits per heavy atom. The highest BCUT2D eigenvalue weighted by Gasteiger charge is 2.42. The largest absolute Gasteiger partial charge is 0.496 e. The van der Waals surface area contributed by atoms with Gasteiger partial charge in [-0.05, 0) is 113 Å². The molecule has 324 valence electrons. The van der Waals surface area contributed by atoms with Gasteiger partial charge in [0.1, 0.15) is 23.9 Å². The van der Waals surface area contributed by atoms with Crippen LogP contribution in [0.1, 0.15) is 100 Å². The summed E-state index contributed by atoms with van der Waals surface area (Å²) in [7, 11) is 3.64. The van der Waals surface area contributed by atoms with Crippen LogP contribution >= 0.6 is 0 Å². The first-order valence-electron chi connectivity index (χ1n) is 21.3. The Morgan fingerprint density at radius 3 is 2.47 bits per heavy atom. The molecule has 2 aliphatic heterocycles. The van der Waals surface area contributed by atoms with E-state index >= 15 is 0 Å². The van der Waals surface area contributed by atoms with Crippen molar-refractivity contribution in [1.82, 2.24) is 20.5 Å². The number of hydrogen-bond donors (Lipinski definition) is 3. The predicted octanol–water partition coefficient (Wildman–Crippen LogP) is 6.33. The predicted molar refractivity (Wildman–Crippen MR) is 230 cm³/mol. The number of nitrogens with zero attached hydrogens (tertiary/aromatic N) is 2. The number of rotatable bonds is 16. The molecule has 0 spiro atoms. The maximum Gasteiger partial charge on any atom is 0.299 e. The van der Waals surface area contributed by atoms with Crippen LogP contribution in [0.2, 0.25) is 0 Å². The Kier molecular flexibility index (Phi) is 13.8. The summed E-state index contributed by atoms with van der Waals surface area (Å²) in [6.45, 7) is 3.94. The van der Waals surface area contributed by atoms with Crippen molar-refractivity contribution in [1.29, 1.82) is 0 Å². The van der Waals surface area contributed by atoms with Crippen molar-refractivity contribution in [3.63, 3.8) is 0 Å². The molecule has 0 radical (unpaired) electrons. The van der Waals surface area contributed by atoms with Gasteiger partial charge in [-0.2, -0.15) is 0 Å². The number of hydrogen-bond acceptors (Lipinski definition) is 10. The van der Waals surface area contributed by atoms with E-state index < -0.39 is 47.5 Å². The average Bonchev–Trinajstić information content (AvgIpc) is 3.55. The van der Waals surface area contributed by atoms with E-state index in [9.17, 15) is 28.4 Å². The van der Waals surface area contributed by atoms with E-state index in [2.05, 4.69) is 39.4 Å². The van der Waals surface area contributed by atoms with Crippen LogP contribution in [0.5, 0.6) is 23.1 Å². The van der Waals surface area contributed by atoms with Crippen molar-refractivity contribution in [3.05, 3.63) is 88.6 Å². The molecule has 14 heteroatoms. The lowest BCUT2D eigenvalue weighted by Crippen LogP contribution is -2.42. The first-order valence-corrected chi connectivity index (χ1v) is 21.3. The second kappa shape index (κ2) is 19.6. The Balaban J connectivity index is 0.863. The number of halogens is 1. The second-order valence-electron chi connectivity index (χ2n) is 16.4. The van der Waals surface area contributed by atoms with Crippen molar-refractivity contribution in [2.45, 2.75) is 76.9 Å². The number of aromatic nitrogens is 1. The molecule has 1 saturated carbocycles. The van der Waals surface area contributed by atoms with Gasteiger partial charge in [0.05, 0.1) is 29.8 Å². The number of Topliss-reactive ketones (excluding diaryl/α,β-unsaturated/α-hetero) is 1. The van der Waals surface area contributed by atoms with Crippen LogP contribution in [0.15, 0.2) is 60.8 Å². The third-order valence-electron chi connectivity index (χ3n) is 12.2. The minimum Gasteiger partial charge on any atom is -0.496 e. The van der Waals surface area contributed by atoms with E-state index in [4.69, 9.17) is 19.9 Å². The molecule has 0 unspecified atom stereocenters. The highest BCUT2D eigenvalue weighted by Crippen LogP contribution is 2.35. The van der Waals surface area contributed by atoms with Crippen molar-refractivity contribution < 1.29 is 42.6 Å². The zero-order valence-corrected chi connectivity index (χ0v) is 35.3. The van der Waals surface area contributed by atoms with E-state index in [1.807, 2.05) is 31.2 Å². The lowest BCUT2D eigenvalue weighted by molar-refractivity contribution is -0.124. The van der Waals surface area contributed by atoms with Gasteiger partial charge < -0.3 is 30.2 Å². The molecule has 62 heavy (non-hydrogen) atoms. The van der Waals surface area contributed by atoms with Gasteiger partial charge in [-0.25, -0.2) is 9.37 Å². The lowest BCUT2D eigenvalue weighted by atomic mass is 9.82. The van der Waals surface area contributed by atoms with Crippen molar-refractivity contribution in [3.8, 4) is 35.0 Å². The molecule has 3 aromatic carbocycles. The van der Waals surface area contributed by atoms with Crippen LogP contribution in [-0.4, -0.2) is 85.4 Å². The number of primary amides is 1. The first kappa shape index (κ1) is 43.7. The molecule has 7 rings (SSSR count). The standard InChI is InChI=1S/C48H52FN5O8/c1-4-33-38(52-46(58)42(33)49)27-61-48-36-24-40(60-3)37(44(50)56)23-35(36)31(25-51-48)19-16-29-12-14-30(15-13-29)26-54(2)22-7-5-6-9-28-17-20-32(21-18-28)62-39-11-8-10-34-41(39)45(57)53-47(59)43(34)55/h8,10-11,17-18,20-21,23-25,29-30,33,38,42H,4-7,9,12-15,22,26-27H2,1-3H3,(H2,50,56)(H,52,58)(H,53,57,59)/t29-,30-,33-,38+,42-/m0/s1. The molecule has 4 aromatic rings. The van der Waals surface area contributed by atoms with Gasteiger partial charge in [0, 0.05) is 40.9 Å². The number of imide groups is 1. The van der Waals surface area contributed by atoms with Crippen LogP contribution in [0, 0.1) is 29.6 Å². The summed E-state index contributed by atoms with van der Waals surface area (Å²) in [5.41, 5.74) is 7.83. The highest BCUT2D eigenvalue weighted by molar-refractivity contribution is 6.49. The number of nitrogens with one attached hydrogen (secondary N) is 2. The summed E-state index contributed by atoms with van der Waals surface area (Å²) >= 11 is 0. The molecule has 1 saturated heterocycles. The summed E-state index contributed by atoms with van der Waals surface area (Å²) < 4.78 is 31.9. The Labute approximate surface area is 360 Å². The van der Waals surface area contributed by atoms with Gasteiger partial charge in [-0.1, -0.05) is 43.4 Å². The quantitative estimate of drug-likeness (QED) is 0.0500. The second-order valence-corrected chi connectivity index (χ2v) is 16.4. The molecule has 1 aromatic heterocycles. The SMILES string of the molecule is CC[C@@H]1[C@H](F)C(=O)N[C@@H]1COc1ncc(C#C[C@H]2CC[C@H](CN(C)CCCCCc3ccc(Oc4cccc5c4C(=O)NC(=O)C5=O)cc3)CC2)c2cc(C(N)=O)c(OC)cc12. The van der Waals surface area contributed by atoms with E-state index in [0.717, 1.165) is 64.5 Å². The van der Waals surface area contributed by atoms with Gasteiger partial charge in [0.25, 0.3) is 29.4 Å².